The van der Waals surface area contributed by atoms with Crippen molar-refractivity contribution in [2.24, 2.45) is 11.3 Å². The van der Waals surface area contributed by atoms with Crippen LogP contribution in [0.3, 0.4) is 0 Å². The summed E-state index contributed by atoms with van der Waals surface area (Å²) in [6.45, 7) is -1.71. The van der Waals surface area contributed by atoms with Gasteiger partial charge in [0, 0.05) is 20.6 Å². The summed E-state index contributed by atoms with van der Waals surface area (Å²) >= 11 is 0. The normalized spacial score (nSPS) is 40.3. The summed E-state index contributed by atoms with van der Waals surface area (Å²) in [4.78, 5) is 12.6. The lowest BCUT2D eigenvalue weighted by molar-refractivity contribution is -0.252. The Morgan fingerprint density at radius 2 is 1.64 bits per heavy atom. The van der Waals surface area contributed by atoms with Crippen molar-refractivity contribution in [3.8, 4) is 0 Å². The lowest BCUT2D eigenvalue weighted by Crippen LogP contribution is -2.66. The quantitative estimate of drug-likeness (QED) is 0.550. The molecule has 7 nitrogen and oxygen atoms in total. The van der Waals surface area contributed by atoms with Crippen LogP contribution in [0, 0.1) is 11.3 Å². The van der Waals surface area contributed by atoms with Gasteiger partial charge in [-0.05, 0) is 38.0 Å². The lowest BCUT2D eigenvalue weighted by atomic mass is 9.46. The molecule has 4 saturated carbocycles. The van der Waals surface area contributed by atoms with E-state index in [0.717, 1.165) is 12.8 Å². The maximum atomic E-state index is 13.4. The molecule has 25 heavy (non-hydrogen) atoms. The molecule has 1 N–H and O–H groups in total. The Labute approximate surface area is 144 Å². The lowest BCUT2D eigenvalue weighted by Gasteiger charge is -2.64. The Morgan fingerprint density at radius 1 is 1.12 bits per heavy atom. The van der Waals surface area contributed by atoms with Crippen molar-refractivity contribution in [1.29, 1.82) is 0 Å². The van der Waals surface area contributed by atoms with Crippen molar-refractivity contribution in [3.63, 3.8) is 0 Å². The smallest absolute Gasteiger partial charge is 0.402 e. The fourth-order valence-corrected chi connectivity index (χ4v) is 5.53. The standard InChI is InChI=1S/C15H22F2O7S/c1-22-13-4-10-3-12(6-13,7-14(5-10,8-13)23-2)11(18)24-9-15(16,17)25(19,20)21/h10H,3-9H2,1-2H3,(H,19,20,21). The summed E-state index contributed by atoms with van der Waals surface area (Å²) in [7, 11) is -2.53. The summed E-state index contributed by atoms with van der Waals surface area (Å²) in [5.41, 5.74) is -2.18. The number of carbonyl (C=O) groups is 1. The number of esters is 1. The van der Waals surface area contributed by atoms with Crippen LogP contribution in [0.15, 0.2) is 0 Å². The summed E-state index contributed by atoms with van der Waals surface area (Å²) in [6, 6.07) is 0. The van der Waals surface area contributed by atoms with Gasteiger partial charge in [0.2, 0.25) is 0 Å². The highest BCUT2D eigenvalue weighted by atomic mass is 32.2. The van der Waals surface area contributed by atoms with E-state index in [2.05, 4.69) is 4.74 Å². The van der Waals surface area contributed by atoms with Crippen LogP contribution >= 0.6 is 0 Å². The van der Waals surface area contributed by atoms with Gasteiger partial charge in [0.25, 0.3) is 0 Å². The first-order valence-corrected chi connectivity index (χ1v) is 9.47. The molecule has 10 heteroatoms. The van der Waals surface area contributed by atoms with E-state index in [1.54, 1.807) is 14.2 Å². The second-order valence-electron chi connectivity index (χ2n) is 7.75. The highest BCUT2D eigenvalue weighted by Gasteiger charge is 2.67. The van der Waals surface area contributed by atoms with Crippen LogP contribution in [-0.4, -0.2) is 56.2 Å². The molecule has 0 heterocycles. The summed E-state index contributed by atoms with van der Waals surface area (Å²) in [5.74, 6) is -0.742. The molecule has 0 amide bonds. The van der Waals surface area contributed by atoms with Gasteiger partial charge in [0.1, 0.15) is 0 Å². The number of alkyl halides is 2. The molecule has 0 saturated heterocycles. The maximum Gasteiger partial charge on any atom is 0.402 e. The highest BCUT2D eigenvalue weighted by Crippen LogP contribution is 2.65. The van der Waals surface area contributed by atoms with E-state index in [4.69, 9.17) is 14.0 Å². The molecule has 4 rings (SSSR count). The van der Waals surface area contributed by atoms with Gasteiger partial charge >= 0.3 is 21.3 Å². The largest absolute Gasteiger partial charge is 0.458 e. The Bertz CT molecular complexity index is 657. The van der Waals surface area contributed by atoms with Gasteiger partial charge in [-0.25, -0.2) is 0 Å². The van der Waals surface area contributed by atoms with E-state index < -0.39 is 44.6 Å². The van der Waals surface area contributed by atoms with Crippen molar-refractivity contribution in [1.82, 2.24) is 0 Å². The third-order valence-electron chi connectivity index (χ3n) is 6.01. The third-order valence-corrected chi connectivity index (χ3v) is 6.89. The van der Waals surface area contributed by atoms with E-state index in [0.29, 0.717) is 25.7 Å². The van der Waals surface area contributed by atoms with E-state index in [1.165, 1.54) is 0 Å². The minimum atomic E-state index is -5.65. The van der Waals surface area contributed by atoms with E-state index in [-0.39, 0.29) is 5.92 Å². The molecular formula is C15H22F2O7S. The molecule has 0 aromatic heterocycles. The van der Waals surface area contributed by atoms with Crippen molar-refractivity contribution in [3.05, 3.63) is 0 Å². The predicted molar refractivity (Wildman–Crippen MR) is 80.6 cm³/mol. The zero-order valence-electron chi connectivity index (χ0n) is 14.1. The summed E-state index contributed by atoms with van der Waals surface area (Å²) in [6.07, 6.45) is 3.29. The zero-order chi connectivity index (χ0) is 18.7. The molecule has 0 aromatic rings. The fourth-order valence-electron chi connectivity index (χ4n) is 5.32. The van der Waals surface area contributed by atoms with Gasteiger partial charge in [-0.2, -0.15) is 17.2 Å². The molecule has 4 aliphatic rings. The molecule has 0 radical (unpaired) electrons. The van der Waals surface area contributed by atoms with Crippen molar-refractivity contribution in [2.75, 3.05) is 20.8 Å². The first-order chi connectivity index (χ1) is 11.4. The van der Waals surface area contributed by atoms with E-state index in [9.17, 15) is 22.0 Å². The van der Waals surface area contributed by atoms with Gasteiger partial charge in [0.15, 0.2) is 6.61 Å². The number of methoxy groups -OCH3 is 2. The molecular weight excluding hydrogens is 362 g/mol. The molecule has 4 aliphatic carbocycles. The number of hydrogen-bond donors (Lipinski definition) is 1. The van der Waals surface area contributed by atoms with Gasteiger partial charge in [0.05, 0.1) is 16.6 Å². The number of hydrogen-bond acceptors (Lipinski definition) is 6. The number of halogens is 2. The molecule has 0 aliphatic heterocycles. The first kappa shape index (κ1) is 18.9. The second-order valence-corrected chi connectivity index (χ2v) is 9.30. The van der Waals surface area contributed by atoms with Crippen LogP contribution in [0.5, 0.6) is 0 Å². The summed E-state index contributed by atoms with van der Waals surface area (Å²) in [5, 5.41) is -4.54. The number of carbonyl (C=O) groups excluding carboxylic acids is 1. The Balaban J connectivity index is 1.83. The van der Waals surface area contributed by atoms with Gasteiger partial charge < -0.3 is 14.2 Å². The van der Waals surface area contributed by atoms with Crippen LogP contribution in [0.4, 0.5) is 8.78 Å². The number of rotatable bonds is 6. The minimum Gasteiger partial charge on any atom is -0.458 e. The second kappa shape index (κ2) is 5.58. The molecule has 0 spiro atoms. The molecule has 4 bridgehead atoms. The highest BCUT2D eigenvalue weighted by molar-refractivity contribution is 7.86. The van der Waals surface area contributed by atoms with Crippen molar-refractivity contribution >= 4 is 16.1 Å². The molecule has 2 atom stereocenters. The molecule has 144 valence electrons. The van der Waals surface area contributed by atoms with Crippen LogP contribution < -0.4 is 0 Å². The van der Waals surface area contributed by atoms with E-state index >= 15 is 0 Å². The fraction of sp³-hybridized carbons (Fsp3) is 0.933. The van der Waals surface area contributed by atoms with Crippen LogP contribution in [0.1, 0.15) is 38.5 Å². The zero-order valence-corrected chi connectivity index (χ0v) is 14.9. The van der Waals surface area contributed by atoms with Crippen molar-refractivity contribution < 1.29 is 40.8 Å². The average Bonchev–Trinajstić information content (AvgIpc) is 2.50. The van der Waals surface area contributed by atoms with Crippen molar-refractivity contribution in [2.45, 2.75) is 55.0 Å². The van der Waals surface area contributed by atoms with Gasteiger partial charge in [-0.1, -0.05) is 0 Å². The SMILES string of the molecule is COC12CC3CC(OC)(C1)CC(C(=O)OCC(F)(F)S(=O)(=O)O)(C3)C2. The topological polar surface area (TPSA) is 99.1 Å². The molecule has 0 aromatic carbocycles. The maximum absolute atomic E-state index is 13.4. The predicted octanol–water partition coefficient (Wildman–Crippen LogP) is 1.76. The minimum absolute atomic E-state index is 0.144. The molecule has 4 fully saturated rings. The first-order valence-electron chi connectivity index (χ1n) is 8.03. The van der Waals surface area contributed by atoms with Crippen LogP contribution in [0.25, 0.3) is 0 Å². The van der Waals surface area contributed by atoms with Gasteiger partial charge in [-0.15, -0.1) is 0 Å². The monoisotopic (exact) mass is 384 g/mol. The average molecular weight is 384 g/mol. The van der Waals surface area contributed by atoms with Crippen LogP contribution in [-0.2, 0) is 29.1 Å². The Kier molecular flexibility index (Phi) is 4.22. The summed E-state index contributed by atoms with van der Waals surface area (Å²) < 4.78 is 72.7. The molecule has 2 unspecified atom stereocenters. The van der Waals surface area contributed by atoms with Crippen LogP contribution in [0.2, 0.25) is 0 Å². The number of ether oxygens (including phenoxy) is 3. The Hall–Kier alpha value is -0.840. The third kappa shape index (κ3) is 2.96. The van der Waals surface area contributed by atoms with Gasteiger partial charge in [-0.3, -0.25) is 9.35 Å². The van der Waals surface area contributed by atoms with E-state index in [1.807, 2.05) is 0 Å². The Morgan fingerprint density at radius 3 is 2.08 bits per heavy atom.